The fraction of sp³-hybridized carbons (Fsp3) is 0.200. The molecule has 0 spiro atoms. The molecule has 3 aromatic rings. The standard InChI is InChI=1S/C25H23NO5/c1-30-17-13-11-16(12-14-17)15-22(24(27)28)26(25(29)31-2)23-20-9-5-3-7-18(20)19-8-4-6-10-21(19)23/h3-14,22-23H,15H2,1-2H3,(H,27,28)/t22-/m1/s1. The van der Waals surface area contributed by atoms with Crippen molar-refractivity contribution >= 4 is 12.1 Å². The van der Waals surface area contributed by atoms with E-state index >= 15 is 0 Å². The molecule has 4 rings (SSSR count). The summed E-state index contributed by atoms with van der Waals surface area (Å²) in [5.41, 5.74) is 4.53. The van der Waals surface area contributed by atoms with Crippen LogP contribution in [0.2, 0.25) is 0 Å². The average Bonchev–Trinajstić information content (AvgIpc) is 3.13. The molecular formula is C25H23NO5. The molecule has 0 aromatic heterocycles. The number of hydrogen-bond acceptors (Lipinski definition) is 4. The number of carboxylic acid groups (broad SMARTS) is 1. The summed E-state index contributed by atoms with van der Waals surface area (Å²) in [6, 6.07) is 21.0. The average molecular weight is 417 g/mol. The van der Waals surface area contributed by atoms with Crippen LogP contribution in [0.5, 0.6) is 5.75 Å². The van der Waals surface area contributed by atoms with Gasteiger partial charge in [0.25, 0.3) is 0 Å². The summed E-state index contributed by atoms with van der Waals surface area (Å²) in [4.78, 5) is 26.7. The van der Waals surface area contributed by atoms with Crippen molar-refractivity contribution < 1.29 is 24.2 Å². The number of hydrogen-bond donors (Lipinski definition) is 1. The second-order valence-corrected chi connectivity index (χ2v) is 7.36. The van der Waals surface area contributed by atoms with Crippen LogP contribution in [-0.2, 0) is 16.0 Å². The van der Waals surface area contributed by atoms with E-state index in [1.165, 1.54) is 12.0 Å². The van der Waals surface area contributed by atoms with Crippen molar-refractivity contribution in [2.45, 2.75) is 18.5 Å². The largest absolute Gasteiger partial charge is 0.497 e. The highest BCUT2D eigenvalue weighted by molar-refractivity contribution is 5.85. The second kappa shape index (κ2) is 8.52. The Morgan fingerprint density at radius 2 is 1.45 bits per heavy atom. The molecule has 1 aliphatic rings. The van der Waals surface area contributed by atoms with Gasteiger partial charge in [-0.25, -0.2) is 9.59 Å². The quantitative estimate of drug-likeness (QED) is 0.638. The molecule has 158 valence electrons. The first-order chi connectivity index (χ1) is 15.0. The summed E-state index contributed by atoms with van der Waals surface area (Å²) in [5, 5.41) is 10.1. The van der Waals surface area contributed by atoms with Crippen LogP contribution in [0, 0.1) is 0 Å². The molecule has 0 heterocycles. The molecule has 0 unspecified atom stereocenters. The van der Waals surface area contributed by atoms with E-state index in [4.69, 9.17) is 9.47 Å². The Morgan fingerprint density at radius 1 is 0.903 bits per heavy atom. The summed E-state index contributed by atoms with van der Waals surface area (Å²) in [5.74, 6) is -0.415. The van der Waals surface area contributed by atoms with E-state index in [2.05, 4.69) is 0 Å². The van der Waals surface area contributed by atoms with Gasteiger partial charge in [-0.15, -0.1) is 0 Å². The number of aliphatic carboxylic acids is 1. The Labute approximate surface area is 180 Å². The van der Waals surface area contributed by atoms with Gasteiger partial charge in [-0.05, 0) is 39.9 Å². The maximum Gasteiger partial charge on any atom is 0.411 e. The molecule has 0 saturated carbocycles. The first-order valence-corrected chi connectivity index (χ1v) is 9.95. The fourth-order valence-electron chi connectivity index (χ4n) is 4.24. The minimum Gasteiger partial charge on any atom is -0.497 e. The Hall–Kier alpha value is -3.80. The number of fused-ring (bicyclic) bond motifs is 3. The van der Waals surface area contributed by atoms with Crippen LogP contribution in [0.1, 0.15) is 22.7 Å². The number of methoxy groups -OCH3 is 2. The van der Waals surface area contributed by atoms with Crippen molar-refractivity contribution in [3.05, 3.63) is 89.5 Å². The number of amides is 1. The number of benzene rings is 3. The highest BCUT2D eigenvalue weighted by Gasteiger charge is 2.42. The Morgan fingerprint density at radius 3 is 1.94 bits per heavy atom. The van der Waals surface area contributed by atoms with E-state index < -0.39 is 24.1 Å². The van der Waals surface area contributed by atoms with Gasteiger partial charge in [0.1, 0.15) is 11.8 Å². The van der Waals surface area contributed by atoms with Crippen LogP contribution in [-0.4, -0.2) is 42.3 Å². The SMILES string of the molecule is COC(=O)N(C1c2ccccc2-c2ccccc21)[C@H](Cc1ccc(OC)cc1)C(=O)O. The van der Waals surface area contributed by atoms with Gasteiger partial charge in [0.15, 0.2) is 0 Å². The molecule has 31 heavy (non-hydrogen) atoms. The number of nitrogens with zero attached hydrogens (tertiary/aromatic N) is 1. The van der Waals surface area contributed by atoms with Crippen molar-refractivity contribution in [3.8, 4) is 16.9 Å². The molecule has 0 saturated heterocycles. The summed E-state index contributed by atoms with van der Waals surface area (Å²) in [6.07, 6.45) is -0.549. The zero-order valence-electron chi connectivity index (χ0n) is 17.3. The summed E-state index contributed by atoms with van der Waals surface area (Å²) >= 11 is 0. The molecule has 6 nitrogen and oxygen atoms in total. The minimum absolute atomic E-state index is 0.134. The highest BCUT2D eigenvalue weighted by atomic mass is 16.5. The number of ether oxygens (including phenoxy) is 2. The zero-order chi connectivity index (χ0) is 22.0. The van der Waals surface area contributed by atoms with Crippen molar-refractivity contribution in [2.75, 3.05) is 14.2 Å². The third kappa shape index (κ3) is 3.72. The van der Waals surface area contributed by atoms with Crippen molar-refractivity contribution in [3.63, 3.8) is 0 Å². The van der Waals surface area contributed by atoms with Crippen LogP contribution >= 0.6 is 0 Å². The number of carboxylic acids is 1. The first kappa shape index (κ1) is 20.5. The number of carbonyl (C=O) groups excluding carboxylic acids is 1. The van der Waals surface area contributed by atoms with Crippen LogP contribution in [0.3, 0.4) is 0 Å². The van der Waals surface area contributed by atoms with Gasteiger partial charge in [0.05, 0.1) is 20.3 Å². The third-order valence-corrected chi connectivity index (χ3v) is 5.67. The number of rotatable bonds is 6. The first-order valence-electron chi connectivity index (χ1n) is 9.95. The van der Waals surface area contributed by atoms with E-state index in [9.17, 15) is 14.7 Å². The van der Waals surface area contributed by atoms with E-state index in [1.54, 1.807) is 31.4 Å². The molecule has 0 bridgehead atoms. The van der Waals surface area contributed by atoms with Gasteiger partial charge in [-0.3, -0.25) is 4.90 Å². The molecule has 0 radical (unpaired) electrons. The molecular weight excluding hydrogens is 394 g/mol. The molecule has 0 fully saturated rings. The molecule has 0 aliphatic heterocycles. The molecule has 3 aromatic carbocycles. The van der Waals surface area contributed by atoms with Crippen LogP contribution in [0.4, 0.5) is 4.79 Å². The molecule has 1 atom stereocenters. The van der Waals surface area contributed by atoms with Crippen molar-refractivity contribution in [1.82, 2.24) is 4.90 Å². The Bertz CT molecular complexity index is 1060. The lowest BCUT2D eigenvalue weighted by Gasteiger charge is -2.34. The summed E-state index contributed by atoms with van der Waals surface area (Å²) < 4.78 is 10.2. The van der Waals surface area contributed by atoms with E-state index in [0.29, 0.717) is 5.75 Å². The minimum atomic E-state index is -1.12. The molecule has 1 amide bonds. The second-order valence-electron chi connectivity index (χ2n) is 7.36. The zero-order valence-corrected chi connectivity index (χ0v) is 17.3. The van der Waals surface area contributed by atoms with Crippen molar-refractivity contribution in [1.29, 1.82) is 0 Å². The van der Waals surface area contributed by atoms with Gasteiger partial charge >= 0.3 is 12.1 Å². The third-order valence-electron chi connectivity index (χ3n) is 5.67. The topological polar surface area (TPSA) is 76.1 Å². The molecule has 1 N–H and O–H groups in total. The van der Waals surface area contributed by atoms with Gasteiger partial charge in [-0.1, -0.05) is 60.7 Å². The van der Waals surface area contributed by atoms with Crippen LogP contribution in [0.25, 0.3) is 11.1 Å². The van der Waals surface area contributed by atoms with Crippen molar-refractivity contribution in [2.24, 2.45) is 0 Å². The van der Waals surface area contributed by atoms with E-state index in [0.717, 1.165) is 27.8 Å². The van der Waals surface area contributed by atoms with Gasteiger partial charge < -0.3 is 14.6 Å². The monoisotopic (exact) mass is 417 g/mol. The van der Waals surface area contributed by atoms with E-state index in [1.807, 2.05) is 48.5 Å². The normalized spacial score (nSPS) is 13.1. The maximum atomic E-state index is 13.0. The predicted octanol–water partition coefficient (Wildman–Crippen LogP) is 4.53. The van der Waals surface area contributed by atoms with E-state index in [-0.39, 0.29) is 6.42 Å². The fourth-order valence-corrected chi connectivity index (χ4v) is 4.24. The summed E-state index contributed by atoms with van der Waals surface area (Å²) in [7, 11) is 2.84. The van der Waals surface area contributed by atoms with Gasteiger partial charge in [0, 0.05) is 6.42 Å². The molecule has 6 heteroatoms. The lowest BCUT2D eigenvalue weighted by Crippen LogP contribution is -2.48. The predicted molar refractivity (Wildman–Crippen MR) is 116 cm³/mol. The highest BCUT2D eigenvalue weighted by Crippen LogP contribution is 2.47. The van der Waals surface area contributed by atoms with Gasteiger partial charge in [0.2, 0.25) is 0 Å². The lowest BCUT2D eigenvalue weighted by molar-refractivity contribution is -0.143. The Kier molecular flexibility index (Phi) is 5.62. The van der Waals surface area contributed by atoms with Crippen LogP contribution in [0.15, 0.2) is 72.8 Å². The maximum absolute atomic E-state index is 13.0. The smallest absolute Gasteiger partial charge is 0.411 e. The Balaban J connectivity index is 1.80. The molecule has 1 aliphatic carbocycles. The van der Waals surface area contributed by atoms with Gasteiger partial charge in [-0.2, -0.15) is 0 Å². The van der Waals surface area contributed by atoms with Crippen LogP contribution < -0.4 is 4.74 Å². The lowest BCUT2D eigenvalue weighted by atomic mass is 9.98. The number of carbonyl (C=O) groups is 2. The summed E-state index contributed by atoms with van der Waals surface area (Å²) in [6.45, 7) is 0.